The Balaban J connectivity index is 1.37. The molecule has 0 aliphatic carbocycles. The van der Waals surface area contributed by atoms with Crippen LogP contribution in [-0.2, 0) is 15.1 Å². The van der Waals surface area contributed by atoms with Gasteiger partial charge in [0.05, 0.1) is 20.3 Å². The molecule has 2 atom stereocenters. The van der Waals surface area contributed by atoms with Crippen LogP contribution in [0.2, 0.25) is 0 Å². The van der Waals surface area contributed by atoms with Gasteiger partial charge in [-0.2, -0.15) is 0 Å². The van der Waals surface area contributed by atoms with Crippen molar-refractivity contribution in [3.05, 3.63) is 71.8 Å². The van der Waals surface area contributed by atoms with Crippen LogP contribution in [0.4, 0.5) is 4.79 Å². The third kappa shape index (κ3) is 3.92. The Morgan fingerprint density at radius 1 is 1.03 bits per heavy atom. The van der Waals surface area contributed by atoms with Crippen LogP contribution in [0.3, 0.4) is 0 Å². The first-order valence-corrected chi connectivity index (χ1v) is 12.0. The molecule has 3 aromatic rings. The molecule has 0 bridgehead atoms. The summed E-state index contributed by atoms with van der Waals surface area (Å²) in [6.07, 6.45) is 1.59. The predicted octanol–water partition coefficient (Wildman–Crippen LogP) is 3.99. The van der Waals surface area contributed by atoms with E-state index in [2.05, 4.69) is 5.32 Å². The third-order valence-corrected chi connectivity index (χ3v) is 7.27. The van der Waals surface area contributed by atoms with E-state index < -0.39 is 17.5 Å². The lowest BCUT2D eigenvalue weighted by Gasteiger charge is -2.28. The SMILES string of the molecule is COc1ccc([C@@H]2CCCN2C(=O)CN2C(=O)N[C@@](C)(c3ccc4ccccc4c3)C2=O)c(OC)c1. The molecule has 1 N–H and O–H groups in total. The van der Waals surface area contributed by atoms with Gasteiger partial charge in [0.25, 0.3) is 5.91 Å². The number of methoxy groups -OCH3 is 2. The van der Waals surface area contributed by atoms with Crippen molar-refractivity contribution in [1.82, 2.24) is 15.1 Å². The van der Waals surface area contributed by atoms with Gasteiger partial charge in [0, 0.05) is 18.2 Å². The van der Waals surface area contributed by atoms with Gasteiger partial charge in [-0.25, -0.2) is 4.79 Å². The monoisotopic (exact) mass is 487 g/mol. The number of nitrogens with one attached hydrogen (secondary N) is 1. The average molecular weight is 488 g/mol. The van der Waals surface area contributed by atoms with Gasteiger partial charge in [0.2, 0.25) is 5.91 Å². The Bertz CT molecular complexity index is 1360. The van der Waals surface area contributed by atoms with Gasteiger partial charge in [-0.15, -0.1) is 0 Å². The lowest BCUT2D eigenvalue weighted by atomic mass is 9.90. The van der Waals surface area contributed by atoms with E-state index in [1.807, 2.05) is 54.6 Å². The van der Waals surface area contributed by atoms with Gasteiger partial charge in [-0.05, 0) is 54.3 Å². The van der Waals surface area contributed by atoms with E-state index in [1.54, 1.807) is 32.1 Å². The first-order valence-electron chi connectivity index (χ1n) is 12.0. The fourth-order valence-electron chi connectivity index (χ4n) is 5.24. The number of urea groups is 1. The number of fused-ring (bicyclic) bond motifs is 1. The maximum Gasteiger partial charge on any atom is 0.325 e. The lowest BCUT2D eigenvalue weighted by molar-refractivity contribution is -0.139. The van der Waals surface area contributed by atoms with Crippen molar-refractivity contribution in [2.75, 3.05) is 27.3 Å². The summed E-state index contributed by atoms with van der Waals surface area (Å²) in [7, 11) is 3.17. The van der Waals surface area contributed by atoms with E-state index in [9.17, 15) is 14.4 Å². The molecule has 36 heavy (non-hydrogen) atoms. The Hall–Kier alpha value is -4.07. The normalized spacial score (nSPS) is 21.7. The standard InChI is InChI=1S/C28H29N3O5/c1-28(20-11-10-18-7-4-5-8-19(18)15-20)26(33)31(27(34)29-28)17-25(32)30-14-6-9-23(30)22-13-12-21(35-2)16-24(22)36-3/h4-5,7-8,10-13,15-16,23H,6,9,14,17H2,1-3H3,(H,29,34)/t23-,28-/m0/s1. The van der Waals surface area contributed by atoms with E-state index >= 15 is 0 Å². The smallest absolute Gasteiger partial charge is 0.325 e. The highest BCUT2D eigenvalue weighted by Crippen LogP contribution is 2.39. The zero-order valence-electron chi connectivity index (χ0n) is 20.6. The Morgan fingerprint density at radius 3 is 2.56 bits per heavy atom. The molecule has 8 heteroatoms. The average Bonchev–Trinajstić information content (AvgIpc) is 3.47. The molecule has 2 fully saturated rings. The number of nitrogens with zero attached hydrogens (tertiary/aromatic N) is 2. The number of likely N-dealkylation sites (tertiary alicyclic amines) is 1. The van der Waals surface area contributed by atoms with Crippen LogP contribution in [0.1, 0.15) is 36.9 Å². The van der Waals surface area contributed by atoms with Gasteiger partial charge >= 0.3 is 6.03 Å². The molecule has 2 saturated heterocycles. The van der Waals surface area contributed by atoms with Crippen molar-refractivity contribution >= 4 is 28.6 Å². The summed E-state index contributed by atoms with van der Waals surface area (Å²) >= 11 is 0. The molecule has 186 valence electrons. The molecule has 2 heterocycles. The number of hydrogen-bond acceptors (Lipinski definition) is 5. The van der Waals surface area contributed by atoms with Crippen molar-refractivity contribution < 1.29 is 23.9 Å². The van der Waals surface area contributed by atoms with Crippen molar-refractivity contribution in [3.63, 3.8) is 0 Å². The summed E-state index contributed by atoms with van der Waals surface area (Å²) in [5, 5.41) is 4.83. The second kappa shape index (κ2) is 9.18. The van der Waals surface area contributed by atoms with E-state index in [0.717, 1.165) is 34.1 Å². The van der Waals surface area contributed by atoms with E-state index in [0.29, 0.717) is 23.6 Å². The lowest BCUT2D eigenvalue weighted by Crippen LogP contribution is -2.44. The fraction of sp³-hybridized carbons (Fsp3) is 0.321. The zero-order valence-corrected chi connectivity index (χ0v) is 20.6. The van der Waals surface area contributed by atoms with Gasteiger partial charge in [0.15, 0.2) is 0 Å². The number of benzene rings is 3. The number of hydrogen-bond donors (Lipinski definition) is 1. The molecule has 3 aromatic carbocycles. The number of carbonyl (C=O) groups excluding carboxylic acids is 3. The molecule has 0 aromatic heterocycles. The zero-order chi connectivity index (χ0) is 25.4. The number of ether oxygens (including phenoxy) is 2. The number of amides is 4. The largest absolute Gasteiger partial charge is 0.497 e. The van der Waals surface area contributed by atoms with Gasteiger partial charge in [-0.3, -0.25) is 14.5 Å². The van der Waals surface area contributed by atoms with Crippen LogP contribution >= 0.6 is 0 Å². The minimum Gasteiger partial charge on any atom is -0.497 e. The molecule has 0 spiro atoms. The van der Waals surface area contributed by atoms with Crippen LogP contribution < -0.4 is 14.8 Å². The van der Waals surface area contributed by atoms with Crippen LogP contribution in [-0.4, -0.2) is 55.0 Å². The molecule has 0 unspecified atom stereocenters. The maximum atomic E-state index is 13.5. The summed E-state index contributed by atoms with van der Waals surface area (Å²) in [6.45, 7) is 1.91. The van der Waals surface area contributed by atoms with Crippen LogP contribution in [0.15, 0.2) is 60.7 Å². The molecule has 5 rings (SSSR count). The molecular formula is C28H29N3O5. The molecule has 2 aliphatic heterocycles. The van der Waals surface area contributed by atoms with E-state index in [4.69, 9.17) is 9.47 Å². The summed E-state index contributed by atoms with van der Waals surface area (Å²) < 4.78 is 10.8. The van der Waals surface area contributed by atoms with Gasteiger partial charge in [-0.1, -0.05) is 36.4 Å². The molecule has 0 radical (unpaired) electrons. The molecule has 4 amide bonds. The summed E-state index contributed by atoms with van der Waals surface area (Å²) in [5.41, 5.74) is 0.309. The summed E-state index contributed by atoms with van der Waals surface area (Å²) in [6, 6.07) is 18.3. The minimum absolute atomic E-state index is 0.203. The van der Waals surface area contributed by atoms with Crippen molar-refractivity contribution in [2.24, 2.45) is 0 Å². The minimum atomic E-state index is -1.25. The van der Waals surface area contributed by atoms with E-state index in [1.165, 1.54) is 0 Å². The van der Waals surface area contributed by atoms with Crippen LogP contribution in [0.5, 0.6) is 11.5 Å². The highest BCUT2D eigenvalue weighted by atomic mass is 16.5. The highest BCUT2D eigenvalue weighted by Gasteiger charge is 2.50. The molecular weight excluding hydrogens is 458 g/mol. The van der Waals surface area contributed by atoms with Crippen molar-refractivity contribution in [1.29, 1.82) is 0 Å². The summed E-state index contributed by atoms with van der Waals surface area (Å²) in [4.78, 5) is 42.6. The molecule has 2 aliphatic rings. The van der Waals surface area contributed by atoms with E-state index in [-0.39, 0.29) is 18.5 Å². The quantitative estimate of drug-likeness (QED) is 0.532. The van der Waals surface area contributed by atoms with Gasteiger partial charge < -0.3 is 19.7 Å². The fourth-order valence-corrected chi connectivity index (χ4v) is 5.24. The second-order valence-electron chi connectivity index (χ2n) is 9.36. The van der Waals surface area contributed by atoms with Crippen LogP contribution in [0.25, 0.3) is 10.8 Å². The topological polar surface area (TPSA) is 88.2 Å². The molecule has 8 nitrogen and oxygen atoms in total. The predicted molar refractivity (Wildman–Crippen MR) is 135 cm³/mol. The van der Waals surface area contributed by atoms with Crippen molar-refractivity contribution in [3.8, 4) is 11.5 Å². The van der Waals surface area contributed by atoms with Crippen molar-refractivity contribution in [2.45, 2.75) is 31.3 Å². The summed E-state index contributed by atoms with van der Waals surface area (Å²) in [5.74, 6) is 0.590. The first-order chi connectivity index (χ1) is 17.4. The number of imide groups is 1. The maximum absolute atomic E-state index is 13.5. The number of carbonyl (C=O) groups is 3. The third-order valence-electron chi connectivity index (χ3n) is 7.27. The van der Waals surface area contributed by atoms with Gasteiger partial charge in [0.1, 0.15) is 23.6 Å². The Kier molecular flexibility index (Phi) is 6.04. The van der Waals surface area contributed by atoms with Crippen LogP contribution in [0, 0.1) is 0 Å². The molecule has 0 saturated carbocycles. The number of rotatable bonds is 6. The Morgan fingerprint density at radius 2 is 1.81 bits per heavy atom. The second-order valence-corrected chi connectivity index (χ2v) is 9.36. The highest BCUT2D eigenvalue weighted by molar-refractivity contribution is 6.09. The first kappa shape index (κ1) is 23.7. The Labute approximate surface area is 209 Å².